The van der Waals surface area contributed by atoms with Crippen molar-refractivity contribution in [1.29, 1.82) is 0 Å². The maximum atomic E-state index is 13.5. The van der Waals surface area contributed by atoms with Crippen LogP contribution >= 0.6 is 0 Å². The fourth-order valence-electron chi connectivity index (χ4n) is 7.11. The lowest BCUT2D eigenvalue weighted by molar-refractivity contribution is -0.171. The molecule has 5 fully saturated rings. The summed E-state index contributed by atoms with van der Waals surface area (Å²) in [7, 11) is -1.30. The van der Waals surface area contributed by atoms with Crippen molar-refractivity contribution in [1.82, 2.24) is 19.6 Å². The van der Waals surface area contributed by atoms with Crippen molar-refractivity contribution in [2.75, 3.05) is 33.1 Å². The number of nitrogens with two attached hydrogens (primary N) is 2. The maximum absolute atomic E-state index is 13.5. The molecule has 0 aromatic heterocycles. The summed E-state index contributed by atoms with van der Waals surface area (Å²) >= 11 is 0. The molecule has 0 atom stereocenters. The lowest BCUT2D eigenvalue weighted by Gasteiger charge is -2.57. The molecule has 0 aromatic carbocycles. The van der Waals surface area contributed by atoms with Gasteiger partial charge in [-0.3, -0.25) is 24.2 Å². The van der Waals surface area contributed by atoms with Gasteiger partial charge >= 0.3 is 12.1 Å². The fraction of sp³-hybridized carbons (Fsp3) is 0.750. The second-order valence-electron chi connectivity index (χ2n) is 13.8. The van der Waals surface area contributed by atoms with Crippen LogP contribution in [0.3, 0.4) is 0 Å². The number of nitrogens with zero attached hydrogens (tertiary/aromatic N) is 4. The minimum Gasteiger partial charge on any atom is -0.385 e. The number of carbonyl (C=O) groups is 5. The molecule has 3 aliphatic heterocycles. The molecule has 232 valence electrons. The summed E-state index contributed by atoms with van der Waals surface area (Å²) in [6.45, 7) is 9.63. The van der Waals surface area contributed by atoms with Crippen LogP contribution in [0.15, 0.2) is 11.4 Å². The molecule has 42 heavy (non-hydrogen) atoms. The molecule has 13 nitrogen and oxygen atoms in total. The molecule has 0 bridgehead atoms. The zero-order valence-corrected chi connectivity index (χ0v) is 26.1. The molecule has 3 saturated heterocycles. The molecule has 5 aliphatic rings. The molecule has 5 rings (SSSR count). The third-order valence-corrected chi connectivity index (χ3v) is 11.3. The summed E-state index contributed by atoms with van der Waals surface area (Å²) in [6.07, 6.45) is 4.70. The Morgan fingerprint density at radius 3 is 2.12 bits per heavy atom. The molecule has 2 spiro atoms. The van der Waals surface area contributed by atoms with E-state index in [1.807, 2.05) is 6.92 Å². The lowest BCUT2D eigenvalue weighted by Crippen LogP contribution is -2.69. The largest absolute Gasteiger partial charge is 0.385 e. The Hall–Kier alpha value is -2.97. The first kappa shape index (κ1) is 30.5. The summed E-state index contributed by atoms with van der Waals surface area (Å²) in [5.74, 6) is -2.10. The molecule has 0 aromatic rings. The van der Waals surface area contributed by atoms with Gasteiger partial charge in [0.25, 0.3) is 17.7 Å². The average Bonchev–Trinajstić information content (AvgIpc) is 3.09. The van der Waals surface area contributed by atoms with Gasteiger partial charge in [-0.25, -0.2) is 14.5 Å². The van der Waals surface area contributed by atoms with E-state index in [0.29, 0.717) is 25.9 Å². The Kier molecular flexibility index (Phi) is 7.94. The number of hydrogen-bond acceptors (Lipinski definition) is 9. The van der Waals surface area contributed by atoms with E-state index in [1.54, 1.807) is 4.90 Å². The first-order valence-electron chi connectivity index (χ1n) is 15.0. The second-order valence-corrected chi connectivity index (χ2v) is 19.4. The normalized spacial score (nSPS) is 29.6. The van der Waals surface area contributed by atoms with E-state index in [4.69, 9.17) is 20.9 Å². The highest BCUT2D eigenvalue weighted by Gasteiger charge is 2.66. The van der Waals surface area contributed by atoms with Crippen LogP contribution in [0.4, 0.5) is 9.59 Å². The van der Waals surface area contributed by atoms with Gasteiger partial charge in [0.2, 0.25) is 0 Å². The van der Waals surface area contributed by atoms with Gasteiger partial charge < -0.3 is 25.8 Å². The summed E-state index contributed by atoms with van der Waals surface area (Å²) in [4.78, 5) is 71.3. The highest BCUT2D eigenvalue weighted by atomic mass is 28.3. The number of barbiturate groups is 1. The van der Waals surface area contributed by atoms with Crippen molar-refractivity contribution in [2.24, 2.45) is 16.9 Å². The third kappa shape index (κ3) is 5.00. The summed E-state index contributed by atoms with van der Waals surface area (Å²) < 4.78 is 11.2. The highest BCUT2D eigenvalue weighted by molar-refractivity contribution is 6.76. The molecule has 0 radical (unpaired) electrons. The van der Waals surface area contributed by atoms with Gasteiger partial charge in [0.05, 0.1) is 13.2 Å². The van der Waals surface area contributed by atoms with E-state index in [9.17, 15) is 24.0 Å². The van der Waals surface area contributed by atoms with E-state index in [2.05, 4.69) is 19.6 Å². The smallest absolute Gasteiger partial charge is 0.334 e. The zero-order chi connectivity index (χ0) is 30.6. The predicted octanol–water partition coefficient (Wildman–Crippen LogP) is 1.75. The minimum atomic E-state index is -1.30. The number of hydrogen-bond donors (Lipinski definition) is 2. The molecule has 14 heteroatoms. The van der Waals surface area contributed by atoms with Crippen LogP contribution in [0, 0.1) is 5.41 Å². The standard InChI is InChI=1S/C28H44N6O7Si/c1-5-10-31-22(35)20(21(29)30)23(36)33(25(31)38)18-6-8-27(9-7-18)13-19(14-27)34-26(39)32(17-40-11-12-42(2,3)4)24(37)28(34)15-41-16-28/h18-19H,5-17,29-30H2,1-4H3. The van der Waals surface area contributed by atoms with E-state index in [-0.39, 0.29) is 67.3 Å². The molecular formula is C28H44N6O7Si. The molecule has 3 heterocycles. The van der Waals surface area contributed by atoms with Gasteiger partial charge in [-0.1, -0.05) is 26.6 Å². The van der Waals surface area contributed by atoms with Crippen LogP contribution in [-0.2, 0) is 23.9 Å². The van der Waals surface area contributed by atoms with Crippen molar-refractivity contribution in [2.45, 2.75) is 95.2 Å². The van der Waals surface area contributed by atoms with Crippen LogP contribution in [0.5, 0.6) is 0 Å². The van der Waals surface area contributed by atoms with Gasteiger partial charge in [0, 0.05) is 33.3 Å². The average molecular weight is 605 g/mol. The maximum Gasteiger partial charge on any atom is 0.334 e. The molecule has 4 N–H and O–H groups in total. The van der Waals surface area contributed by atoms with Crippen LogP contribution < -0.4 is 11.5 Å². The van der Waals surface area contributed by atoms with Crippen molar-refractivity contribution < 1.29 is 33.4 Å². The summed E-state index contributed by atoms with van der Waals surface area (Å²) in [5, 5.41) is 0. The SMILES string of the molecule is CCCN1C(=O)C(=C(N)N)C(=O)N(C2CCC3(CC2)CC(N2C(=O)N(COCC[Si](C)(C)C)C(=O)C24COC4)C3)C1=O. The Morgan fingerprint density at radius 2 is 1.60 bits per heavy atom. The Morgan fingerprint density at radius 1 is 0.952 bits per heavy atom. The van der Waals surface area contributed by atoms with Gasteiger partial charge in [-0.2, -0.15) is 0 Å². The Labute approximate surface area is 247 Å². The molecule has 2 aliphatic carbocycles. The highest BCUT2D eigenvalue weighted by Crippen LogP contribution is 2.56. The van der Waals surface area contributed by atoms with E-state index >= 15 is 0 Å². The van der Waals surface area contributed by atoms with E-state index < -0.39 is 31.5 Å². The van der Waals surface area contributed by atoms with Crippen LogP contribution in [0.1, 0.15) is 51.9 Å². The van der Waals surface area contributed by atoms with Gasteiger partial charge in [0.1, 0.15) is 18.1 Å². The first-order valence-corrected chi connectivity index (χ1v) is 18.7. The van der Waals surface area contributed by atoms with E-state index in [0.717, 1.165) is 36.6 Å². The summed E-state index contributed by atoms with van der Waals surface area (Å²) in [6, 6.07) is -0.442. The molecule has 2 saturated carbocycles. The Bertz CT molecular complexity index is 1190. The number of rotatable bonds is 9. The van der Waals surface area contributed by atoms with Crippen molar-refractivity contribution in [3.63, 3.8) is 0 Å². The topological polar surface area (TPSA) is 169 Å². The number of carbonyl (C=O) groups excluding carboxylic acids is 5. The number of urea groups is 2. The fourth-order valence-corrected chi connectivity index (χ4v) is 7.87. The van der Waals surface area contributed by atoms with Crippen molar-refractivity contribution in [3.8, 4) is 0 Å². The summed E-state index contributed by atoms with van der Waals surface area (Å²) in [5.41, 5.74) is 10.0. The molecular weight excluding hydrogens is 560 g/mol. The van der Waals surface area contributed by atoms with Crippen LogP contribution in [-0.4, -0.2) is 108 Å². The molecule has 7 amide bonds. The van der Waals surface area contributed by atoms with Crippen LogP contribution in [0.25, 0.3) is 0 Å². The van der Waals surface area contributed by atoms with Gasteiger partial charge in [0.15, 0.2) is 5.54 Å². The number of ether oxygens (including phenoxy) is 2. The van der Waals surface area contributed by atoms with Crippen molar-refractivity contribution >= 4 is 37.9 Å². The lowest BCUT2D eigenvalue weighted by atomic mass is 9.57. The first-order chi connectivity index (χ1) is 19.8. The van der Waals surface area contributed by atoms with Crippen molar-refractivity contribution in [3.05, 3.63) is 11.4 Å². The number of imide groups is 3. The Balaban J connectivity index is 1.22. The quantitative estimate of drug-likeness (QED) is 0.131. The predicted molar refractivity (Wildman–Crippen MR) is 154 cm³/mol. The zero-order valence-electron chi connectivity index (χ0n) is 25.1. The van der Waals surface area contributed by atoms with E-state index in [1.165, 1.54) is 9.80 Å². The monoisotopic (exact) mass is 604 g/mol. The number of amides is 7. The molecule has 0 unspecified atom stereocenters. The minimum absolute atomic E-state index is 0.0378. The van der Waals surface area contributed by atoms with Crippen LogP contribution in [0.2, 0.25) is 25.7 Å². The third-order valence-electron chi connectivity index (χ3n) is 9.59. The van der Waals surface area contributed by atoms with Gasteiger partial charge in [-0.15, -0.1) is 0 Å². The van der Waals surface area contributed by atoms with Gasteiger partial charge in [-0.05, 0) is 56.4 Å². The second kappa shape index (κ2) is 10.9.